The highest BCUT2D eigenvalue weighted by atomic mass is 32.2. The first-order valence-electron chi connectivity index (χ1n) is 8.75. The number of carbonyl (C=O) groups is 2. The lowest BCUT2D eigenvalue weighted by Gasteiger charge is -2.46. The van der Waals surface area contributed by atoms with Gasteiger partial charge < -0.3 is 9.47 Å². The molecule has 0 N–H and O–H groups in total. The summed E-state index contributed by atoms with van der Waals surface area (Å²) in [5.41, 5.74) is -2.01. The fraction of sp³-hybridized carbons (Fsp3) is 0.474. The second-order valence-corrected chi connectivity index (χ2v) is 8.87. The van der Waals surface area contributed by atoms with Crippen LogP contribution in [0.25, 0.3) is 0 Å². The van der Waals surface area contributed by atoms with Crippen molar-refractivity contribution in [2.24, 2.45) is 5.41 Å². The third-order valence-electron chi connectivity index (χ3n) is 5.91. The summed E-state index contributed by atoms with van der Waals surface area (Å²) in [6, 6.07) is 5.72. The van der Waals surface area contributed by atoms with Crippen molar-refractivity contribution < 1.29 is 31.7 Å². The first-order chi connectivity index (χ1) is 12.7. The van der Waals surface area contributed by atoms with Crippen molar-refractivity contribution in [2.75, 3.05) is 7.11 Å². The molecule has 1 saturated heterocycles. The van der Waals surface area contributed by atoms with E-state index in [2.05, 4.69) is 4.74 Å². The van der Waals surface area contributed by atoms with Gasteiger partial charge in [-0.3, -0.25) is 8.98 Å². The van der Waals surface area contributed by atoms with Gasteiger partial charge >= 0.3 is 5.97 Å². The van der Waals surface area contributed by atoms with Crippen LogP contribution in [0.15, 0.2) is 41.3 Å². The fourth-order valence-electron chi connectivity index (χ4n) is 4.48. The van der Waals surface area contributed by atoms with Gasteiger partial charge in [0.25, 0.3) is 10.1 Å². The molecule has 2 heterocycles. The molecule has 3 aliphatic rings. The van der Waals surface area contributed by atoms with Crippen LogP contribution in [-0.2, 0) is 28.6 Å². The molecule has 1 aromatic rings. The largest absolute Gasteiger partial charge is 0.465 e. The Labute approximate surface area is 157 Å². The first kappa shape index (κ1) is 18.3. The molecular weight excluding hydrogens is 372 g/mol. The molecule has 0 aromatic heterocycles. The summed E-state index contributed by atoms with van der Waals surface area (Å²) >= 11 is 0. The summed E-state index contributed by atoms with van der Waals surface area (Å²) in [4.78, 5) is 24.3. The number of hydrogen-bond acceptors (Lipinski definition) is 7. The zero-order chi connectivity index (χ0) is 19.4. The van der Waals surface area contributed by atoms with E-state index in [1.165, 1.54) is 25.3 Å². The second kappa shape index (κ2) is 5.98. The Balaban J connectivity index is 1.71. The van der Waals surface area contributed by atoms with Crippen LogP contribution in [-0.4, -0.2) is 45.1 Å². The third-order valence-corrected chi connectivity index (χ3v) is 7.29. The average molecular weight is 392 g/mol. The Morgan fingerprint density at radius 1 is 1.30 bits per heavy atom. The van der Waals surface area contributed by atoms with Gasteiger partial charge in [-0.15, -0.1) is 0 Å². The number of ether oxygens (including phenoxy) is 2. The number of hydrogen-bond donors (Lipinski definition) is 0. The molecule has 1 spiro atoms. The van der Waals surface area contributed by atoms with Gasteiger partial charge in [-0.2, -0.15) is 8.42 Å². The maximum absolute atomic E-state index is 13.0. The minimum Gasteiger partial charge on any atom is -0.465 e. The van der Waals surface area contributed by atoms with Gasteiger partial charge in [0.2, 0.25) is 0 Å². The van der Waals surface area contributed by atoms with Crippen molar-refractivity contribution in [2.45, 2.75) is 48.9 Å². The van der Waals surface area contributed by atoms with Gasteiger partial charge in [0.05, 0.1) is 24.2 Å². The van der Waals surface area contributed by atoms with Crippen molar-refractivity contribution in [3.63, 3.8) is 0 Å². The van der Waals surface area contributed by atoms with E-state index in [0.717, 1.165) is 0 Å². The summed E-state index contributed by atoms with van der Waals surface area (Å²) in [7, 11) is -3.10. The van der Waals surface area contributed by atoms with E-state index in [0.29, 0.717) is 6.42 Å². The number of esters is 1. The molecule has 0 unspecified atom stereocenters. The topological polar surface area (TPSA) is 96.0 Å². The molecule has 27 heavy (non-hydrogen) atoms. The molecule has 8 heteroatoms. The van der Waals surface area contributed by atoms with Crippen LogP contribution in [0.4, 0.5) is 0 Å². The van der Waals surface area contributed by atoms with Crippen LogP contribution in [0.3, 0.4) is 0 Å². The molecule has 1 aliphatic carbocycles. The van der Waals surface area contributed by atoms with Gasteiger partial charge in [0.15, 0.2) is 0 Å². The second-order valence-electron chi connectivity index (χ2n) is 7.33. The normalized spacial score (nSPS) is 34.5. The quantitative estimate of drug-likeness (QED) is 0.439. The van der Waals surface area contributed by atoms with E-state index in [1.54, 1.807) is 12.1 Å². The lowest BCUT2D eigenvalue weighted by molar-refractivity contribution is -0.154. The van der Waals surface area contributed by atoms with Crippen LogP contribution in [0, 0.1) is 5.41 Å². The minimum atomic E-state index is -4.28. The van der Waals surface area contributed by atoms with Gasteiger partial charge in [-0.25, -0.2) is 4.79 Å². The molecule has 2 bridgehead atoms. The summed E-state index contributed by atoms with van der Waals surface area (Å²) in [6.07, 6.45) is 3.52. The number of benzene rings is 1. The van der Waals surface area contributed by atoms with Crippen LogP contribution < -0.4 is 0 Å². The summed E-state index contributed by atoms with van der Waals surface area (Å²) in [5.74, 6) is -0.709. The molecule has 1 aromatic carbocycles. The summed E-state index contributed by atoms with van der Waals surface area (Å²) in [5, 5.41) is 0. The molecule has 0 radical (unpaired) electrons. The van der Waals surface area contributed by atoms with Crippen LogP contribution >= 0.6 is 0 Å². The smallest absolute Gasteiger partial charge is 0.339 e. The predicted molar refractivity (Wildman–Crippen MR) is 93.5 cm³/mol. The number of carbonyl (C=O) groups excluding carboxylic acids is 2. The van der Waals surface area contributed by atoms with Crippen molar-refractivity contribution >= 4 is 21.9 Å². The first-order valence-corrected chi connectivity index (χ1v) is 10.2. The Bertz CT molecular complexity index is 951. The highest BCUT2D eigenvalue weighted by Crippen LogP contribution is 2.58. The molecule has 0 amide bonds. The highest BCUT2D eigenvalue weighted by Gasteiger charge is 2.68. The molecule has 4 rings (SSSR count). The molecular formula is C19H20O7S. The van der Waals surface area contributed by atoms with E-state index in [-0.39, 0.29) is 35.2 Å². The van der Waals surface area contributed by atoms with Crippen molar-refractivity contribution in [3.05, 3.63) is 42.0 Å². The predicted octanol–water partition coefficient (Wildman–Crippen LogP) is 2.01. The van der Waals surface area contributed by atoms with Crippen molar-refractivity contribution in [1.29, 1.82) is 0 Å². The molecule has 1 saturated carbocycles. The number of ketones is 1. The monoisotopic (exact) mass is 392 g/mol. The SMILES string of the molecule is COC(=O)c1ccccc1S(=O)(=O)O[C@H]1CCC(=O)[C@@]2(C)C[C@@H]3C=C[C@]12O3. The Hall–Kier alpha value is -2.03. The number of Topliss-reactive ketones (excluding diaryl/α,β-unsaturated/α-hetero) is 1. The highest BCUT2D eigenvalue weighted by molar-refractivity contribution is 7.86. The third kappa shape index (κ3) is 2.50. The fourth-order valence-corrected chi connectivity index (χ4v) is 5.79. The van der Waals surface area contributed by atoms with E-state index in [1.807, 2.05) is 13.0 Å². The average Bonchev–Trinajstić information content (AvgIpc) is 3.20. The zero-order valence-corrected chi connectivity index (χ0v) is 15.8. The van der Waals surface area contributed by atoms with E-state index in [9.17, 15) is 18.0 Å². The number of fused-ring (bicyclic) bond motifs is 1. The van der Waals surface area contributed by atoms with Gasteiger partial charge in [-0.1, -0.05) is 24.3 Å². The molecule has 7 nitrogen and oxygen atoms in total. The number of methoxy groups -OCH3 is 1. The van der Waals surface area contributed by atoms with Crippen LogP contribution in [0.5, 0.6) is 0 Å². The van der Waals surface area contributed by atoms with Crippen LogP contribution in [0.1, 0.15) is 36.5 Å². The van der Waals surface area contributed by atoms with Gasteiger partial charge in [0.1, 0.15) is 22.4 Å². The maximum Gasteiger partial charge on any atom is 0.339 e. The standard InChI is InChI=1S/C19H20O7S/c1-18-11-12-9-10-19(18,25-12)16(8-7-15(18)20)26-27(22,23)14-6-4-3-5-13(14)17(21)24-2/h3-6,9-10,12,16H,7-8,11H2,1-2H3/t12-,16-,18+,19-/m0/s1. The van der Waals surface area contributed by atoms with E-state index >= 15 is 0 Å². The maximum atomic E-state index is 13.0. The van der Waals surface area contributed by atoms with E-state index < -0.39 is 33.2 Å². The molecule has 4 atom stereocenters. The molecule has 144 valence electrons. The van der Waals surface area contributed by atoms with Gasteiger partial charge in [0, 0.05) is 6.42 Å². The van der Waals surface area contributed by atoms with Crippen molar-refractivity contribution in [3.8, 4) is 0 Å². The van der Waals surface area contributed by atoms with Crippen molar-refractivity contribution in [1.82, 2.24) is 0 Å². The molecule has 2 aliphatic heterocycles. The summed E-state index contributed by atoms with van der Waals surface area (Å²) in [6.45, 7) is 1.81. The zero-order valence-electron chi connectivity index (χ0n) is 15.0. The Kier molecular flexibility index (Phi) is 4.06. The van der Waals surface area contributed by atoms with Crippen LogP contribution in [0.2, 0.25) is 0 Å². The Morgan fingerprint density at radius 3 is 2.74 bits per heavy atom. The molecule has 2 fully saturated rings. The lowest BCUT2D eigenvalue weighted by Crippen LogP contribution is -2.59. The lowest BCUT2D eigenvalue weighted by atomic mass is 9.60. The minimum absolute atomic E-state index is 0.0570. The number of rotatable bonds is 4. The Morgan fingerprint density at radius 2 is 2.04 bits per heavy atom. The van der Waals surface area contributed by atoms with E-state index in [4.69, 9.17) is 8.92 Å². The summed E-state index contributed by atoms with van der Waals surface area (Å²) < 4.78 is 42.3. The van der Waals surface area contributed by atoms with Gasteiger partial charge in [-0.05, 0) is 31.9 Å².